The monoisotopic (exact) mass is 335 g/mol. The second-order valence-corrected chi connectivity index (χ2v) is 6.18. The molecule has 0 aromatic heterocycles. The molecule has 0 atom stereocenters. The first-order valence-corrected chi connectivity index (χ1v) is 7.57. The van der Waals surface area contributed by atoms with E-state index in [0.29, 0.717) is 6.04 Å². The summed E-state index contributed by atoms with van der Waals surface area (Å²) in [6.45, 7) is 5.93. The SMILES string of the molecule is CC(C)N(Cc1ccccc1)Cc1cc(F)cc(Br)c1. The standard InChI is InChI=1S/C17H19BrFN/c1-13(2)20(11-14-6-4-3-5-7-14)12-15-8-16(18)10-17(19)9-15/h3-10,13H,11-12H2,1-2H3. The highest BCUT2D eigenvalue weighted by atomic mass is 79.9. The molecule has 0 N–H and O–H groups in total. The van der Waals surface area contributed by atoms with E-state index in [-0.39, 0.29) is 5.82 Å². The molecular formula is C17H19BrFN. The normalized spacial score (nSPS) is 11.3. The van der Waals surface area contributed by atoms with Gasteiger partial charge in [0.15, 0.2) is 0 Å². The quantitative estimate of drug-likeness (QED) is 0.743. The van der Waals surface area contributed by atoms with Crippen LogP contribution in [0.25, 0.3) is 0 Å². The van der Waals surface area contributed by atoms with Gasteiger partial charge in [-0.05, 0) is 43.2 Å². The zero-order valence-electron chi connectivity index (χ0n) is 11.8. The summed E-state index contributed by atoms with van der Waals surface area (Å²) in [6, 6.07) is 15.8. The van der Waals surface area contributed by atoms with Crippen LogP contribution >= 0.6 is 15.9 Å². The molecular weight excluding hydrogens is 317 g/mol. The lowest BCUT2D eigenvalue weighted by atomic mass is 10.1. The van der Waals surface area contributed by atoms with Crippen molar-refractivity contribution >= 4 is 15.9 Å². The van der Waals surface area contributed by atoms with E-state index in [4.69, 9.17) is 0 Å². The minimum absolute atomic E-state index is 0.196. The average Bonchev–Trinajstić information content (AvgIpc) is 2.38. The van der Waals surface area contributed by atoms with Gasteiger partial charge in [-0.2, -0.15) is 0 Å². The summed E-state index contributed by atoms with van der Waals surface area (Å²) in [6.07, 6.45) is 0. The number of nitrogens with zero attached hydrogens (tertiary/aromatic N) is 1. The molecule has 0 aliphatic rings. The molecule has 1 nitrogen and oxygen atoms in total. The van der Waals surface area contributed by atoms with Gasteiger partial charge in [-0.25, -0.2) is 4.39 Å². The van der Waals surface area contributed by atoms with E-state index in [1.807, 2.05) is 24.3 Å². The zero-order chi connectivity index (χ0) is 14.5. The Balaban J connectivity index is 2.13. The smallest absolute Gasteiger partial charge is 0.124 e. The van der Waals surface area contributed by atoms with Crippen LogP contribution in [0.1, 0.15) is 25.0 Å². The van der Waals surface area contributed by atoms with E-state index in [2.05, 4.69) is 46.8 Å². The van der Waals surface area contributed by atoms with Gasteiger partial charge in [-0.3, -0.25) is 4.90 Å². The maximum Gasteiger partial charge on any atom is 0.124 e. The van der Waals surface area contributed by atoms with Gasteiger partial charge in [-0.15, -0.1) is 0 Å². The number of rotatable bonds is 5. The Morgan fingerprint density at radius 2 is 1.65 bits per heavy atom. The summed E-state index contributed by atoms with van der Waals surface area (Å²) in [5.74, 6) is -0.196. The summed E-state index contributed by atoms with van der Waals surface area (Å²) >= 11 is 3.35. The van der Waals surface area contributed by atoms with E-state index < -0.39 is 0 Å². The summed E-state index contributed by atoms with van der Waals surface area (Å²) < 4.78 is 14.2. The molecule has 2 aromatic carbocycles. The fourth-order valence-electron chi connectivity index (χ4n) is 2.18. The predicted octanol–water partition coefficient (Wildman–Crippen LogP) is 5.00. The molecule has 0 aliphatic carbocycles. The van der Waals surface area contributed by atoms with Crippen molar-refractivity contribution in [2.75, 3.05) is 0 Å². The Bertz CT molecular complexity index is 534. The molecule has 0 bridgehead atoms. The molecule has 2 aromatic rings. The molecule has 0 heterocycles. The van der Waals surface area contributed by atoms with Gasteiger partial charge in [0.1, 0.15) is 5.82 Å². The van der Waals surface area contributed by atoms with Crippen LogP contribution in [0.5, 0.6) is 0 Å². The highest BCUT2D eigenvalue weighted by Gasteiger charge is 2.11. The third kappa shape index (κ3) is 4.43. The van der Waals surface area contributed by atoms with E-state index in [9.17, 15) is 4.39 Å². The van der Waals surface area contributed by atoms with Crippen molar-refractivity contribution in [3.05, 3.63) is 69.9 Å². The lowest BCUT2D eigenvalue weighted by molar-refractivity contribution is 0.203. The maximum absolute atomic E-state index is 13.5. The van der Waals surface area contributed by atoms with E-state index in [0.717, 1.165) is 23.1 Å². The number of hydrogen-bond donors (Lipinski definition) is 0. The van der Waals surface area contributed by atoms with Gasteiger partial charge in [0.05, 0.1) is 0 Å². The van der Waals surface area contributed by atoms with Crippen LogP contribution in [0.15, 0.2) is 53.0 Å². The minimum Gasteiger partial charge on any atom is -0.292 e. The van der Waals surface area contributed by atoms with Crippen molar-refractivity contribution in [1.82, 2.24) is 4.90 Å². The van der Waals surface area contributed by atoms with E-state index in [1.54, 1.807) is 6.07 Å². The molecule has 0 radical (unpaired) electrons. The number of hydrogen-bond acceptors (Lipinski definition) is 1. The third-order valence-corrected chi connectivity index (χ3v) is 3.72. The fourth-order valence-corrected chi connectivity index (χ4v) is 2.69. The topological polar surface area (TPSA) is 3.24 Å². The molecule has 0 saturated carbocycles. The van der Waals surface area contributed by atoms with Crippen molar-refractivity contribution in [3.8, 4) is 0 Å². The van der Waals surface area contributed by atoms with Crippen molar-refractivity contribution in [2.24, 2.45) is 0 Å². The first-order chi connectivity index (χ1) is 9.54. The Labute approximate surface area is 128 Å². The molecule has 0 unspecified atom stereocenters. The van der Waals surface area contributed by atoms with Crippen LogP contribution < -0.4 is 0 Å². The van der Waals surface area contributed by atoms with Crippen LogP contribution in [0.4, 0.5) is 4.39 Å². The lowest BCUT2D eigenvalue weighted by Gasteiger charge is -2.26. The van der Waals surface area contributed by atoms with Crippen LogP contribution in [0, 0.1) is 5.82 Å². The number of benzene rings is 2. The molecule has 3 heteroatoms. The van der Waals surface area contributed by atoms with Gasteiger partial charge in [0, 0.05) is 23.6 Å². The van der Waals surface area contributed by atoms with Crippen molar-refractivity contribution < 1.29 is 4.39 Å². The summed E-state index contributed by atoms with van der Waals surface area (Å²) in [5.41, 5.74) is 2.26. The third-order valence-electron chi connectivity index (χ3n) is 3.27. The first-order valence-electron chi connectivity index (χ1n) is 6.77. The van der Waals surface area contributed by atoms with Crippen molar-refractivity contribution in [1.29, 1.82) is 0 Å². The molecule has 20 heavy (non-hydrogen) atoms. The van der Waals surface area contributed by atoms with E-state index >= 15 is 0 Å². The highest BCUT2D eigenvalue weighted by molar-refractivity contribution is 9.10. The Hall–Kier alpha value is -1.19. The van der Waals surface area contributed by atoms with Crippen LogP contribution in [0.2, 0.25) is 0 Å². The first kappa shape index (κ1) is 15.2. The molecule has 0 spiro atoms. The zero-order valence-corrected chi connectivity index (χ0v) is 13.4. The van der Waals surface area contributed by atoms with Crippen molar-refractivity contribution in [2.45, 2.75) is 33.0 Å². The van der Waals surface area contributed by atoms with Crippen LogP contribution in [-0.2, 0) is 13.1 Å². The summed E-state index contributed by atoms with van der Waals surface area (Å²) in [5, 5.41) is 0. The maximum atomic E-state index is 13.5. The second kappa shape index (κ2) is 7.00. The second-order valence-electron chi connectivity index (χ2n) is 5.26. The molecule has 0 amide bonds. The lowest BCUT2D eigenvalue weighted by Crippen LogP contribution is -2.29. The minimum atomic E-state index is -0.196. The molecule has 0 aliphatic heterocycles. The van der Waals surface area contributed by atoms with Crippen molar-refractivity contribution in [3.63, 3.8) is 0 Å². The molecule has 0 saturated heterocycles. The average molecular weight is 336 g/mol. The molecule has 2 rings (SSSR count). The summed E-state index contributed by atoms with van der Waals surface area (Å²) in [7, 11) is 0. The number of halogens is 2. The van der Waals surface area contributed by atoms with Gasteiger partial charge in [-0.1, -0.05) is 46.3 Å². The molecule has 106 valence electrons. The van der Waals surface area contributed by atoms with Gasteiger partial charge >= 0.3 is 0 Å². The Morgan fingerprint density at radius 3 is 2.25 bits per heavy atom. The van der Waals surface area contributed by atoms with Gasteiger partial charge < -0.3 is 0 Å². The van der Waals surface area contributed by atoms with Gasteiger partial charge in [0.2, 0.25) is 0 Å². The predicted molar refractivity (Wildman–Crippen MR) is 84.9 cm³/mol. The Kier molecular flexibility index (Phi) is 5.32. The van der Waals surface area contributed by atoms with E-state index in [1.165, 1.54) is 11.6 Å². The summed E-state index contributed by atoms with van der Waals surface area (Å²) in [4.78, 5) is 2.33. The van der Waals surface area contributed by atoms with Crippen LogP contribution in [-0.4, -0.2) is 10.9 Å². The Morgan fingerprint density at radius 1 is 1.00 bits per heavy atom. The largest absolute Gasteiger partial charge is 0.292 e. The van der Waals surface area contributed by atoms with Crippen LogP contribution in [0.3, 0.4) is 0 Å². The highest BCUT2D eigenvalue weighted by Crippen LogP contribution is 2.18. The van der Waals surface area contributed by atoms with Gasteiger partial charge in [0.25, 0.3) is 0 Å². The fraction of sp³-hybridized carbons (Fsp3) is 0.294. The molecule has 0 fully saturated rings.